The number of benzene rings is 2. The smallest absolute Gasteiger partial charge is 0.408 e. The third kappa shape index (κ3) is 4.13. The molecule has 2 atom stereocenters. The van der Waals surface area contributed by atoms with E-state index in [9.17, 15) is 14.7 Å². The molecule has 0 heterocycles. The molecule has 0 radical (unpaired) electrons. The topological polar surface area (TPSA) is 69.6 Å². The number of carboxylic acid groups (broad SMARTS) is 1. The maximum Gasteiger partial charge on any atom is 0.408 e. The van der Waals surface area contributed by atoms with Gasteiger partial charge in [-0.15, -0.1) is 0 Å². The number of nitrogens with one attached hydrogen (secondary N) is 1. The first-order valence-electron chi connectivity index (χ1n) is 9.17. The van der Waals surface area contributed by atoms with Crippen LogP contribution in [0, 0.1) is 6.92 Å². The molecule has 2 N–H and O–H groups in total. The van der Waals surface area contributed by atoms with Gasteiger partial charge in [0.25, 0.3) is 5.91 Å². The Bertz CT molecular complexity index is 856. The normalized spacial score (nSPS) is 18.7. The van der Waals surface area contributed by atoms with Gasteiger partial charge < -0.3 is 10.4 Å². The van der Waals surface area contributed by atoms with E-state index in [2.05, 4.69) is 5.32 Å². The summed E-state index contributed by atoms with van der Waals surface area (Å²) in [7, 11) is 0. The quantitative estimate of drug-likeness (QED) is 0.810. The molecule has 1 saturated carbocycles. The van der Waals surface area contributed by atoms with Crippen LogP contribution in [0.5, 0.6) is 0 Å². The minimum absolute atomic E-state index is 0.00617. The molecular formula is C22H26N2O3. The van der Waals surface area contributed by atoms with Gasteiger partial charge >= 0.3 is 6.09 Å². The van der Waals surface area contributed by atoms with Gasteiger partial charge in [-0.3, -0.25) is 9.69 Å². The molecule has 0 bridgehead atoms. The SMILES string of the molecule is Cc1cc([C@@H]2C[C@H]2N(C(=O)O)C(C)(C)C)ccc1NC(=O)c1ccccc1. The standard InChI is InChI=1S/C22H26N2O3/c1-14-12-16(17-13-19(17)24(21(26)27)22(2,3)4)10-11-18(14)23-20(25)15-8-6-5-7-9-15/h5-12,17,19H,13H2,1-4H3,(H,23,25)(H,26,27)/t17-,19+/m0/s1. The van der Waals surface area contributed by atoms with Crippen molar-refractivity contribution in [3.05, 3.63) is 65.2 Å². The average molecular weight is 366 g/mol. The Morgan fingerprint density at radius 1 is 1.11 bits per heavy atom. The van der Waals surface area contributed by atoms with E-state index < -0.39 is 11.6 Å². The van der Waals surface area contributed by atoms with Gasteiger partial charge in [0, 0.05) is 28.7 Å². The highest BCUT2D eigenvalue weighted by atomic mass is 16.4. The predicted molar refractivity (Wildman–Crippen MR) is 106 cm³/mol. The molecule has 1 fully saturated rings. The highest BCUT2D eigenvalue weighted by Gasteiger charge is 2.48. The van der Waals surface area contributed by atoms with Gasteiger partial charge in [-0.25, -0.2) is 4.79 Å². The number of amides is 2. The summed E-state index contributed by atoms with van der Waals surface area (Å²) in [5.74, 6) is 0.0680. The monoisotopic (exact) mass is 366 g/mol. The van der Waals surface area contributed by atoms with Gasteiger partial charge in [-0.1, -0.05) is 30.3 Å². The van der Waals surface area contributed by atoms with Crippen molar-refractivity contribution in [2.75, 3.05) is 5.32 Å². The van der Waals surface area contributed by atoms with Crippen molar-refractivity contribution >= 4 is 17.7 Å². The first-order valence-corrected chi connectivity index (χ1v) is 9.17. The first kappa shape index (κ1) is 19.0. The Balaban J connectivity index is 1.73. The summed E-state index contributed by atoms with van der Waals surface area (Å²) < 4.78 is 0. The second-order valence-electron chi connectivity index (χ2n) is 8.13. The van der Waals surface area contributed by atoms with Crippen LogP contribution in [0.1, 0.15) is 54.6 Å². The van der Waals surface area contributed by atoms with Crippen molar-refractivity contribution in [1.82, 2.24) is 4.90 Å². The van der Waals surface area contributed by atoms with Gasteiger partial charge in [0.05, 0.1) is 0 Å². The second-order valence-corrected chi connectivity index (χ2v) is 8.13. The van der Waals surface area contributed by atoms with Crippen LogP contribution < -0.4 is 5.32 Å². The number of carbonyl (C=O) groups is 2. The van der Waals surface area contributed by atoms with Crippen molar-refractivity contribution in [3.63, 3.8) is 0 Å². The minimum atomic E-state index is -0.876. The number of aryl methyl sites for hydroxylation is 1. The Labute approximate surface area is 160 Å². The summed E-state index contributed by atoms with van der Waals surface area (Å²) in [6, 6.07) is 15.1. The Morgan fingerprint density at radius 2 is 1.78 bits per heavy atom. The molecule has 0 saturated heterocycles. The largest absolute Gasteiger partial charge is 0.465 e. The van der Waals surface area contributed by atoms with Crippen molar-refractivity contribution in [2.45, 2.75) is 51.6 Å². The highest BCUT2D eigenvalue weighted by Crippen LogP contribution is 2.47. The van der Waals surface area contributed by atoms with E-state index in [0.717, 1.165) is 23.2 Å². The van der Waals surface area contributed by atoms with Crippen molar-refractivity contribution in [2.24, 2.45) is 0 Å². The van der Waals surface area contributed by atoms with Crippen LogP contribution in [-0.4, -0.2) is 33.6 Å². The molecule has 2 amide bonds. The Kier molecular flexibility index (Phi) is 4.96. The summed E-state index contributed by atoms with van der Waals surface area (Å²) in [6.45, 7) is 7.72. The van der Waals surface area contributed by atoms with Gasteiger partial charge in [0.1, 0.15) is 0 Å². The van der Waals surface area contributed by atoms with Crippen LogP contribution in [-0.2, 0) is 0 Å². The molecule has 2 aromatic rings. The van der Waals surface area contributed by atoms with Crippen molar-refractivity contribution < 1.29 is 14.7 Å². The van der Waals surface area contributed by atoms with Crippen LogP contribution in [0.25, 0.3) is 0 Å². The van der Waals surface area contributed by atoms with Gasteiger partial charge in [-0.2, -0.15) is 0 Å². The fourth-order valence-corrected chi connectivity index (χ4v) is 3.59. The zero-order chi connectivity index (χ0) is 19.8. The lowest BCUT2D eigenvalue weighted by Gasteiger charge is -2.33. The van der Waals surface area contributed by atoms with E-state index in [4.69, 9.17) is 0 Å². The summed E-state index contributed by atoms with van der Waals surface area (Å²) in [6.07, 6.45) is -0.0443. The van der Waals surface area contributed by atoms with Crippen molar-refractivity contribution in [1.29, 1.82) is 0 Å². The first-order chi connectivity index (χ1) is 12.7. The molecule has 0 unspecified atom stereocenters. The molecule has 5 nitrogen and oxygen atoms in total. The van der Waals surface area contributed by atoms with Gasteiger partial charge in [-0.05, 0) is 63.4 Å². The number of carbonyl (C=O) groups excluding carboxylic acids is 1. The molecule has 1 aliphatic rings. The number of rotatable bonds is 4. The van der Waals surface area contributed by atoms with Crippen molar-refractivity contribution in [3.8, 4) is 0 Å². The lowest BCUT2D eigenvalue weighted by molar-refractivity contribution is 0.0939. The molecular weight excluding hydrogens is 340 g/mol. The lowest BCUT2D eigenvalue weighted by atomic mass is 10.0. The van der Waals surface area contributed by atoms with E-state index in [1.807, 2.05) is 64.1 Å². The maximum atomic E-state index is 12.3. The van der Waals surface area contributed by atoms with Crippen LogP contribution in [0.2, 0.25) is 0 Å². The summed E-state index contributed by atoms with van der Waals surface area (Å²) in [5, 5.41) is 12.5. The Morgan fingerprint density at radius 3 is 2.33 bits per heavy atom. The molecule has 0 spiro atoms. The van der Waals surface area contributed by atoms with Crippen LogP contribution in [0.4, 0.5) is 10.5 Å². The number of hydrogen-bond acceptors (Lipinski definition) is 2. The summed E-state index contributed by atoms with van der Waals surface area (Å²) >= 11 is 0. The van der Waals surface area contributed by atoms with Crippen LogP contribution in [0.15, 0.2) is 48.5 Å². The zero-order valence-corrected chi connectivity index (χ0v) is 16.2. The van der Waals surface area contributed by atoms with Crippen LogP contribution >= 0.6 is 0 Å². The zero-order valence-electron chi connectivity index (χ0n) is 16.2. The van der Waals surface area contributed by atoms with E-state index in [0.29, 0.717) is 5.56 Å². The molecule has 1 aliphatic carbocycles. The third-order valence-corrected chi connectivity index (χ3v) is 4.98. The predicted octanol–water partition coefficient (Wildman–Crippen LogP) is 4.88. The minimum Gasteiger partial charge on any atom is -0.465 e. The van der Waals surface area contributed by atoms with E-state index in [1.165, 1.54) is 0 Å². The molecule has 0 aliphatic heterocycles. The number of nitrogens with zero attached hydrogens (tertiary/aromatic N) is 1. The average Bonchev–Trinajstić information content (AvgIpc) is 3.35. The fraction of sp³-hybridized carbons (Fsp3) is 0.364. The van der Waals surface area contributed by atoms with E-state index >= 15 is 0 Å². The summed E-state index contributed by atoms with van der Waals surface area (Å²) in [5.41, 5.74) is 3.05. The summed E-state index contributed by atoms with van der Waals surface area (Å²) in [4.78, 5) is 25.6. The lowest BCUT2D eigenvalue weighted by Crippen LogP contribution is -2.46. The molecule has 5 heteroatoms. The molecule has 27 heavy (non-hydrogen) atoms. The molecule has 0 aromatic heterocycles. The number of anilines is 1. The molecule has 3 rings (SSSR count). The maximum absolute atomic E-state index is 12.3. The van der Waals surface area contributed by atoms with Crippen LogP contribution in [0.3, 0.4) is 0 Å². The fourth-order valence-electron chi connectivity index (χ4n) is 3.59. The van der Waals surface area contributed by atoms with E-state index in [1.54, 1.807) is 17.0 Å². The highest BCUT2D eigenvalue weighted by molar-refractivity contribution is 6.04. The molecule has 2 aromatic carbocycles. The Hall–Kier alpha value is -2.82. The third-order valence-electron chi connectivity index (χ3n) is 4.98. The van der Waals surface area contributed by atoms with E-state index in [-0.39, 0.29) is 17.9 Å². The van der Waals surface area contributed by atoms with Gasteiger partial charge in [0.2, 0.25) is 0 Å². The second kappa shape index (κ2) is 7.06. The van der Waals surface area contributed by atoms with Gasteiger partial charge in [0.15, 0.2) is 0 Å². The molecule has 142 valence electrons. The number of hydrogen-bond donors (Lipinski definition) is 2.